The molecule has 0 atom stereocenters. The Morgan fingerprint density at radius 1 is 1.33 bits per heavy atom. The van der Waals surface area contributed by atoms with Crippen molar-refractivity contribution in [2.24, 2.45) is 5.92 Å². The number of rotatable bonds is 3. The number of piperidine rings is 1. The number of amides is 1. The first kappa shape index (κ1) is 14.1. The number of fused-ring (bicyclic) bond motifs is 1. The number of carbonyl (C=O) groups is 1. The number of nitrogens with zero attached hydrogens (tertiary/aromatic N) is 1. The van der Waals surface area contributed by atoms with E-state index >= 15 is 0 Å². The number of hydrogen-bond acceptors (Lipinski definition) is 3. The van der Waals surface area contributed by atoms with Crippen molar-refractivity contribution in [1.82, 2.24) is 4.90 Å². The maximum Gasteiger partial charge on any atom is 0.289 e. The first-order valence-corrected chi connectivity index (χ1v) is 7.49. The van der Waals surface area contributed by atoms with Crippen LogP contribution >= 0.6 is 0 Å². The Bertz CT molecular complexity index is 639. The number of ether oxygens (including phenoxy) is 1. The fourth-order valence-corrected chi connectivity index (χ4v) is 2.91. The van der Waals surface area contributed by atoms with Crippen LogP contribution < -0.4 is 0 Å². The minimum Gasteiger partial charge on any atom is -0.451 e. The minimum atomic E-state index is -0.00912. The minimum absolute atomic E-state index is 0.00912. The van der Waals surface area contributed by atoms with E-state index in [0.29, 0.717) is 18.3 Å². The van der Waals surface area contributed by atoms with Crippen LogP contribution in [-0.2, 0) is 11.3 Å². The Morgan fingerprint density at radius 3 is 2.76 bits per heavy atom. The van der Waals surface area contributed by atoms with Gasteiger partial charge in [-0.05, 0) is 24.8 Å². The predicted octanol–water partition coefficient (Wildman–Crippen LogP) is 3.45. The van der Waals surface area contributed by atoms with Gasteiger partial charge >= 0.3 is 0 Å². The molecule has 1 aliphatic rings. The molecule has 2 aromatic rings. The highest BCUT2D eigenvalue weighted by atomic mass is 16.5. The molecule has 112 valence electrons. The lowest BCUT2D eigenvalue weighted by Crippen LogP contribution is -2.38. The number of para-hydroxylation sites is 1. The van der Waals surface area contributed by atoms with Crippen LogP contribution in [0.4, 0.5) is 0 Å². The lowest BCUT2D eigenvalue weighted by molar-refractivity contribution is 0.0661. The summed E-state index contributed by atoms with van der Waals surface area (Å²) in [4.78, 5) is 14.6. The SMILES string of the molecule is COCc1c(C(=O)N2CCC(C)CC2)oc2ccccc12. The van der Waals surface area contributed by atoms with Gasteiger partial charge in [0.1, 0.15) is 5.58 Å². The van der Waals surface area contributed by atoms with E-state index in [1.807, 2.05) is 29.2 Å². The van der Waals surface area contributed by atoms with E-state index in [1.165, 1.54) is 0 Å². The summed E-state index contributed by atoms with van der Waals surface area (Å²) in [6, 6.07) is 7.74. The highest BCUT2D eigenvalue weighted by Crippen LogP contribution is 2.28. The van der Waals surface area contributed by atoms with E-state index in [9.17, 15) is 4.79 Å². The summed E-state index contributed by atoms with van der Waals surface area (Å²) in [5.74, 6) is 1.13. The molecule has 2 heterocycles. The summed E-state index contributed by atoms with van der Waals surface area (Å²) in [6.07, 6.45) is 2.12. The molecule has 0 bridgehead atoms. The summed E-state index contributed by atoms with van der Waals surface area (Å²) >= 11 is 0. The van der Waals surface area contributed by atoms with E-state index < -0.39 is 0 Å². The molecular weight excluding hydrogens is 266 g/mol. The zero-order valence-electron chi connectivity index (χ0n) is 12.6. The third-order valence-corrected chi connectivity index (χ3v) is 4.25. The van der Waals surface area contributed by atoms with E-state index in [-0.39, 0.29) is 5.91 Å². The van der Waals surface area contributed by atoms with Gasteiger partial charge in [-0.15, -0.1) is 0 Å². The predicted molar refractivity (Wildman–Crippen MR) is 81.2 cm³/mol. The molecule has 0 radical (unpaired) electrons. The molecule has 4 heteroatoms. The van der Waals surface area contributed by atoms with Crippen LogP contribution in [0.2, 0.25) is 0 Å². The van der Waals surface area contributed by atoms with Gasteiger partial charge in [0.15, 0.2) is 5.76 Å². The molecule has 1 fully saturated rings. The molecule has 1 aliphatic heterocycles. The van der Waals surface area contributed by atoms with Gasteiger partial charge in [-0.1, -0.05) is 25.1 Å². The number of likely N-dealkylation sites (tertiary alicyclic amines) is 1. The van der Waals surface area contributed by atoms with Gasteiger partial charge < -0.3 is 14.1 Å². The van der Waals surface area contributed by atoms with Crippen molar-refractivity contribution in [2.45, 2.75) is 26.4 Å². The number of hydrogen-bond donors (Lipinski definition) is 0. The molecule has 4 nitrogen and oxygen atoms in total. The van der Waals surface area contributed by atoms with Crippen LogP contribution in [0.5, 0.6) is 0 Å². The Morgan fingerprint density at radius 2 is 2.05 bits per heavy atom. The summed E-state index contributed by atoms with van der Waals surface area (Å²) in [5, 5.41) is 0.966. The number of methoxy groups -OCH3 is 1. The Balaban J connectivity index is 1.95. The largest absolute Gasteiger partial charge is 0.451 e. The van der Waals surface area contributed by atoms with Crippen LogP contribution in [0.1, 0.15) is 35.9 Å². The molecule has 1 aromatic heterocycles. The highest BCUT2D eigenvalue weighted by molar-refractivity contribution is 5.99. The van der Waals surface area contributed by atoms with Crippen molar-refractivity contribution in [2.75, 3.05) is 20.2 Å². The number of benzene rings is 1. The Kier molecular flexibility index (Phi) is 3.97. The number of carbonyl (C=O) groups excluding carboxylic acids is 1. The number of furan rings is 1. The molecule has 21 heavy (non-hydrogen) atoms. The third kappa shape index (κ3) is 2.68. The van der Waals surface area contributed by atoms with Gasteiger partial charge in [0.05, 0.1) is 6.61 Å². The van der Waals surface area contributed by atoms with Gasteiger partial charge in [0.2, 0.25) is 0 Å². The van der Waals surface area contributed by atoms with Gasteiger partial charge in [-0.3, -0.25) is 4.79 Å². The molecular formula is C17H21NO3. The highest BCUT2D eigenvalue weighted by Gasteiger charge is 2.27. The molecule has 3 rings (SSSR count). The monoisotopic (exact) mass is 287 g/mol. The van der Waals surface area contributed by atoms with Gasteiger partial charge in [-0.25, -0.2) is 0 Å². The maximum absolute atomic E-state index is 12.7. The normalized spacial score (nSPS) is 16.6. The second-order valence-electron chi connectivity index (χ2n) is 5.81. The van der Waals surface area contributed by atoms with E-state index in [2.05, 4.69) is 6.92 Å². The van der Waals surface area contributed by atoms with Crippen molar-refractivity contribution in [3.63, 3.8) is 0 Å². The molecule has 1 aromatic carbocycles. The van der Waals surface area contributed by atoms with Crippen LogP contribution in [0.3, 0.4) is 0 Å². The van der Waals surface area contributed by atoms with Crippen molar-refractivity contribution in [3.8, 4) is 0 Å². The zero-order valence-corrected chi connectivity index (χ0v) is 12.6. The van der Waals surface area contributed by atoms with Crippen molar-refractivity contribution < 1.29 is 13.9 Å². The average Bonchev–Trinajstić information content (AvgIpc) is 2.87. The van der Waals surface area contributed by atoms with E-state index in [0.717, 1.165) is 42.5 Å². The Hall–Kier alpha value is -1.81. The summed E-state index contributed by atoms with van der Waals surface area (Å²) in [5.41, 5.74) is 1.61. The summed E-state index contributed by atoms with van der Waals surface area (Å²) < 4.78 is 11.1. The molecule has 0 saturated carbocycles. The second kappa shape index (κ2) is 5.90. The van der Waals surface area contributed by atoms with Crippen molar-refractivity contribution >= 4 is 16.9 Å². The third-order valence-electron chi connectivity index (χ3n) is 4.25. The van der Waals surface area contributed by atoms with E-state index in [4.69, 9.17) is 9.15 Å². The van der Waals surface area contributed by atoms with Gasteiger partial charge in [-0.2, -0.15) is 0 Å². The first-order valence-electron chi connectivity index (χ1n) is 7.49. The second-order valence-corrected chi connectivity index (χ2v) is 5.81. The molecule has 1 saturated heterocycles. The smallest absolute Gasteiger partial charge is 0.289 e. The molecule has 0 unspecified atom stereocenters. The van der Waals surface area contributed by atoms with Gasteiger partial charge in [0.25, 0.3) is 5.91 Å². The molecule has 0 spiro atoms. The topological polar surface area (TPSA) is 42.7 Å². The van der Waals surface area contributed by atoms with Crippen molar-refractivity contribution in [3.05, 3.63) is 35.6 Å². The zero-order chi connectivity index (χ0) is 14.8. The van der Waals surface area contributed by atoms with Crippen molar-refractivity contribution in [1.29, 1.82) is 0 Å². The summed E-state index contributed by atoms with van der Waals surface area (Å²) in [6.45, 7) is 4.24. The average molecular weight is 287 g/mol. The van der Waals surface area contributed by atoms with Crippen LogP contribution in [-0.4, -0.2) is 31.0 Å². The maximum atomic E-state index is 12.7. The van der Waals surface area contributed by atoms with Crippen LogP contribution in [0.15, 0.2) is 28.7 Å². The fraction of sp³-hybridized carbons (Fsp3) is 0.471. The van der Waals surface area contributed by atoms with Gasteiger partial charge in [0, 0.05) is 31.1 Å². The quantitative estimate of drug-likeness (QED) is 0.868. The van der Waals surface area contributed by atoms with Crippen LogP contribution in [0, 0.1) is 5.92 Å². The van der Waals surface area contributed by atoms with Crippen LogP contribution in [0.25, 0.3) is 11.0 Å². The van der Waals surface area contributed by atoms with E-state index in [1.54, 1.807) is 7.11 Å². The fourth-order valence-electron chi connectivity index (χ4n) is 2.91. The molecule has 1 amide bonds. The molecule has 0 N–H and O–H groups in total. The standard InChI is InChI=1S/C17H21NO3/c1-12-7-9-18(10-8-12)17(19)16-14(11-20-2)13-5-3-4-6-15(13)21-16/h3-6,12H,7-11H2,1-2H3. The first-order chi connectivity index (χ1) is 10.2. The lowest BCUT2D eigenvalue weighted by Gasteiger charge is -2.29. The summed E-state index contributed by atoms with van der Waals surface area (Å²) in [7, 11) is 1.64. The molecule has 0 aliphatic carbocycles. The lowest BCUT2D eigenvalue weighted by atomic mass is 9.99. The Labute approximate surface area is 124 Å².